The average molecular weight is 693 g/mol. The molecule has 3 aromatic carbocycles. The fourth-order valence-corrected chi connectivity index (χ4v) is 7.39. The van der Waals surface area contributed by atoms with Gasteiger partial charge < -0.3 is 30.5 Å². The van der Waals surface area contributed by atoms with Crippen molar-refractivity contribution < 1.29 is 41.8 Å². The van der Waals surface area contributed by atoms with Crippen LogP contribution in [-0.2, 0) is 24.2 Å². The van der Waals surface area contributed by atoms with E-state index in [0.29, 0.717) is 28.0 Å². The summed E-state index contributed by atoms with van der Waals surface area (Å²) >= 11 is 0. The Labute approximate surface area is 282 Å². The van der Waals surface area contributed by atoms with Gasteiger partial charge in [-0.25, -0.2) is 22.6 Å². The lowest BCUT2D eigenvalue weighted by atomic mass is 9.92. The van der Waals surface area contributed by atoms with E-state index in [4.69, 9.17) is 15.2 Å². The molecule has 3 unspecified atom stereocenters. The summed E-state index contributed by atoms with van der Waals surface area (Å²) in [6, 6.07) is 11.8. The zero-order valence-electron chi connectivity index (χ0n) is 27.3. The molecule has 1 aliphatic rings. The van der Waals surface area contributed by atoms with Crippen LogP contribution in [0.3, 0.4) is 0 Å². The number of nitrogens with zero attached hydrogens (tertiary/aromatic N) is 2. The highest BCUT2D eigenvalue weighted by atomic mass is 32.2. The normalized spacial score (nSPS) is 16.8. The van der Waals surface area contributed by atoms with Gasteiger partial charge in [0.2, 0.25) is 5.91 Å². The number of carbonyl (C=O) groups excluding carboxylic acids is 2. The number of hydrogen-bond acceptors (Lipinski definition) is 10. The number of nitrogen functional groups attached to an aromatic ring is 1. The number of carboxylic acid groups (broad SMARTS) is 1. The third-order valence-corrected chi connectivity index (χ3v) is 10.8. The molecule has 1 aliphatic heterocycles. The number of nitrogens with one attached hydrogen (secondary N) is 1. The van der Waals surface area contributed by atoms with E-state index in [1.165, 1.54) is 61.3 Å². The van der Waals surface area contributed by atoms with Crippen LogP contribution in [0.1, 0.15) is 60.8 Å². The molecule has 258 valence electrons. The number of rotatable bonds is 11. The Balaban J connectivity index is 1.69. The molecule has 0 spiro atoms. The van der Waals surface area contributed by atoms with Crippen LogP contribution >= 0.6 is 0 Å². The van der Waals surface area contributed by atoms with Crippen molar-refractivity contribution >= 4 is 50.0 Å². The first-order valence-electron chi connectivity index (χ1n) is 15.6. The van der Waals surface area contributed by atoms with Crippen LogP contribution in [0.15, 0.2) is 71.8 Å². The Morgan fingerprint density at radius 3 is 2.53 bits per heavy atom. The molecule has 0 aliphatic carbocycles. The number of methoxy groups -OCH3 is 1. The topological polar surface area (TPSA) is 178 Å². The van der Waals surface area contributed by atoms with Crippen LogP contribution in [0.2, 0.25) is 0 Å². The van der Waals surface area contributed by atoms with Gasteiger partial charge in [-0.15, -0.1) is 0 Å². The number of likely N-dealkylation sites (tertiary alicyclic amines) is 1. The molecule has 1 aromatic heterocycles. The van der Waals surface area contributed by atoms with Crippen molar-refractivity contribution in [2.45, 2.75) is 49.4 Å². The first kappa shape index (κ1) is 35.1. The molecule has 14 heteroatoms. The average Bonchev–Trinajstić information content (AvgIpc) is 3.53. The molecule has 0 radical (unpaired) electrons. The second kappa shape index (κ2) is 14.1. The maximum absolute atomic E-state index is 15.7. The van der Waals surface area contributed by atoms with E-state index in [2.05, 4.69) is 10.3 Å². The number of aliphatic carboxylic acids is 1. The zero-order chi connectivity index (χ0) is 35.6. The van der Waals surface area contributed by atoms with Crippen LogP contribution < -0.4 is 15.8 Å². The zero-order valence-corrected chi connectivity index (χ0v) is 28.2. The minimum Gasteiger partial charge on any atom is -0.494 e. The van der Waals surface area contributed by atoms with Crippen molar-refractivity contribution in [1.29, 1.82) is 0 Å². The molecular formula is C35H37FN4O8S. The first-order valence-corrected chi connectivity index (χ1v) is 17.2. The van der Waals surface area contributed by atoms with Crippen LogP contribution in [0.25, 0.3) is 10.8 Å². The molecular weight excluding hydrogens is 655 g/mol. The monoisotopic (exact) mass is 692 g/mol. The molecule has 4 aromatic rings. The Kier molecular flexibility index (Phi) is 10.1. The third-order valence-electron chi connectivity index (χ3n) is 8.62. The number of aromatic nitrogens is 1. The van der Waals surface area contributed by atoms with Crippen LogP contribution in [0.4, 0.5) is 15.9 Å². The third kappa shape index (κ3) is 6.86. The quantitative estimate of drug-likeness (QED) is 0.177. The van der Waals surface area contributed by atoms with Crippen molar-refractivity contribution in [3.05, 3.63) is 89.4 Å². The number of carbonyl (C=O) groups is 3. The molecule has 4 N–H and O–H groups in total. The minimum atomic E-state index is -4.05. The molecule has 0 bridgehead atoms. The maximum atomic E-state index is 15.7. The van der Waals surface area contributed by atoms with Crippen molar-refractivity contribution in [2.75, 3.05) is 31.3 Å². The van der Waals surface area contributed by atoms with Gasteiger partial charge in [0.15, 0.2) is 9.84 Å². The highest BCUT2D eigenvalue weighted by molar-refractivity contribution is 7.92. The van der Waals surface area contributed by atoms with Gasteiger partial charge in [-0.05, 0) is 98.8 Å². The number of amides is 1. The summed E-state index contributed by atoms with van der Waals surface area (Å²) in [6.45, 7) is 4.87. The number of carboxylic acids is 1. The van der Waals surface area contributed by atoms with E-state index in [0.717, 1.165) is 7.11 Å². The Morgan fingerprint density at radius 1 is 1.10 bits per heavy atom. The van der Waals surface area contributed by atoms with E-state index in [-0.39, 0.29) is 41.2 Å². The van der Waals surface area contributed by atoms with Crippen LogP contribution in [-0.4, -0.2) is 66.8 Å². The van der Waals surface area contributed by atoms with Gasteiger partial charge in [0.05, 0.1) is 41.4 Å². The second-order valence-corrected chi connectivity index (χ2v) is 14.3. The smallest absolute Gasteiger partial charge is 0.337 e. The van der Waals surface area contributed by atoms with Gasteiger partial charge in [0, 0.05) is 29.4 Å². The Morgan fingerprint density at radius 2 is 1.86 bits per heavy atom. The summed E-state index contributed by atoms with van der Waals surface area (Å²) < 4.78 is 53.4. The van der Waals surface area contributed by atoms with E-state index in [9.17, 15) is 27.9 Å². The summed E-state index contributed by atoms with van der Waals surface area (Å²) in [5.74, 6) is -4.17. The SMILES string of the molecule is CCOc1ccc(F)c(C(Nc2ccc3c(N)nccc3c2)C(=O)N2CCC(C(=O)O)C2c2cc(C(=O)OC)ccc2S(=O)(=O)C(C)C)c1. The first-order chi connectivity index (χ1) is 23.3. The van der Waals surface area contributed by atoms with Gasteiger partial charge in [-0.1, -0.05) is 0 Å². The van der Waals surface area contributed by atoms with Gasteiger partial charge in [0.25, 0.3) is 0 Å². The molecule has 1 fully saturated rings. The predicted octanol–water partition coefficient (Wildman–Crippen LogP) is 5.15. The molecule has 2 heterocycles. The number of esters is 1. The predicted molar refractivity (Wildman–Crippen MR) is 180 cm³/mol. The highest BCUT2D eigenvalue weighted by Crippen LogP contribution is 2.43. The molecule has 0 saturated carbocycles. The number of benzene rings is 3. The fourth-order valence-electron chi connectivity index (χ4n) is 6.12. The standard InChI is InChI=1S/C35H37FN4O8S/c1-5-48-23-8-10-28(36)26(18-23)30(39-22-7-9-24-20(16-22)12-14-38-32(24)37)33(41)40-15-13-25(34(42)43)31(40)27-17-21(35(44)47-4)6-11-29(27)49(45,46)19(2)3/h6-12,14,16-19,25,30-31,39H,5,13,15H2,1-4H3,(H2,37,38)(H,42,43). The van der Waals surface area contributed by atoms with E-state index in [1.807, 2.05) is 0 Å². The molecule has 1 saturated heterocycles. The van der Waals surface area contributed by atoms with Gasteiger partial charge in [-0.2, -0.15) is 0 Å². The van der Waals surface area contributed by atoms with Crippen molar-refractivity contribution in [3.63, 3.8) is 0 Å². The number of ether oxygens (including phenoxy) is 2. The summed E-state index contributed by atoms with van der Waals surface area (Å²) in [7, 11) is -2.89. The lowest BCUT2D eigenvalue weighted by Crippen LogP contribution is -2.40. The summed E-state index contributed by atoms with van der Waals surface area (Å²) in [5.41, 5.74) is 6.28. The summed E-state index contributed by atoms with van der Waals surface area (Å²) in [5, 5.41) is 13.9. The number of pyridine rings is 1. The summed E-state index contributed by atoms with van der Waals surface area (Å²) in [6.07, 6.45) is 1.49. The van der Waals surface area contributed by atoms with Gasteiger partial charge in [0.1, 0.15) is 23.4 Å². The van der Waals surface area contributed by atoms with Gasteiger partial charge in [-0.3, -0.25) is 9.59 Å². The van der Waals surface area contributed by atoms with Crippen molar-refractivity contribution in [3.8, 4) is 5.75 Å². The van der Waals surface area contributed by atoms with Crippen molar-refractivity contribution in [2.24, 2.45) is 5.92 Å². The Hall–Kier alpha value is -5.24. The minimum absolute atomic E-state index is 0.0290. The number of halogens is 1. The largest absolute Gasteiger partial charge is 0.494 e. The number of sulfone groups is 1. The number of anilines is 2. The number of hydrogen-bond donors (Lipinski definition) is 3. The lowest BCUT2D eigenvalue weighted by molar-refractivity contribution is -0.143. The summed E-state index contributed by atoms with van der Waals surface area (Å²) in [4.78, 5) is 45.2. The van der Waals surface area contributed by atoms with E-state index in [1.54, 1.807) is 31.2 Å². The lowest BCUT2D eigenvalue weighted by Gasteiger charge is -2.33. The van der Waals surface area contributed by atoms with Crippen molar-refractivity contribution in [1.82, 2.24) is 9.88 Å². The fraction of sp³-hybridized carbons (Fsp3) is 0.314. The van der Waals surface area contributed by atoms with E-state index < -0.39 is 56.8 Å². The number of nitrogens with two attached hydrogens (primary N) is 1. The maximum Gasteiger partial charge on any atom is 0.337 e. The van der Waals surface area contributed by atoms with Crippen LogP contribution in [0, 0.1) is 11.7 Å². The Bertz CT molecular complexity index is 2040. The van der Waals surface area contributed by atoms with E-state index >= 15 is 4.39 Å². The highest BCUT2D eigenvalue weighted by Gasteiger charge is 2.46. The molecule has 1 amide bonds. The molecule has 3 atom stereocenters. The van der Waals surface area contributed by atoms with Gasteiger partial charge >= 0.3 is 11.9 Å². The second-order valence-electron chi connectivity index (χ2n) is 11.9. The molecule has 5 rings (SSSR count). The van der Waals surface area contributed by atoms with Crippen LogP contribution in [0.5, 0.6) is 5.75 Å². The number of fused-ring (bicyclic) bond motifs is 1. The molecule has 12 nitrogen and oxygen atoms in total. The molecule has 49 heavy (non-hydrogen) atoms.